The minimum atomic E-state index is -0.0926. The Hall–Kier alpha value is -0.370. The predicted molar refractivity (Wildman–Crippen MR) is 65.1 cm³/mol. The number of hydrogen-bond donors (Lipinski definition) is 0. The van der Waals surface area contributed by atoms with Gasteiger partial charge >= 0.3 is 0 Å². The second-order valence-electron chi connectivity index (χ2n) is 4.47. The largest absolute Gasteiger partial charge is 0.207 e. The van der Waals surface area contributed by atoms with Crippen LogP contribution in [0, 0.1) is 12.7 Å². The van der Waals surface area contributed by atoms with Crippen molar-refractivity contribution < 1.29 is 4.39 Å². The van der Waals surface area contributed by atoms with Crippen LogP contribution in [0.25, 0.3) is 0 Å². The van der Waals surface area contributed by atoms with E-state index in [1.165, 1.54) is 31.2 Å². The summed E-state index contributed by atoms with van der Waals surface area (Å²) in [5.74, 6) is 0.521. The highest BCUT2D eigenvalue weighted by Crippen LogP contribution is 2.36. The molecule has 15 heavy (non-hydrogen) atoms. The molecule has 0 N–H and O–H groups in total. The summed E-state index contributed by atoms with van der Waals surface area (Å²) in [7, 11) is 0. The lowest BCUT2D eigenvalue weighted by molar-refractivity contribution is 0.457. The molecule has 2 unspecified atom stereocenters. The Morgan fingerprint density at radius 1 is 1.33 bits per heavy atom. The van der Waals surface area contributed by atoms with Gasteiger partial charge in [-0.05, 0) is 49.3 Å². The number of benzene rings is 1. The van der Waals surface area contributed by atoms with Crippen LogP contribution in [0.1, 0.15) is 42.7 Å². The van der Waals surface area contributed by atoms with Crippen LogP contribution in [-0.2, 0) is 0 Å². The third-order valence-electron chi connectivity index (χ3n) is 3.26. The Morgan fingerprint density at radius 2 is 2.13 bits per heavy atom. The molecule has 1 aromatic carbocycles. The monoisotopic (exact) mass is 270 g/mol. The first-order valence-corrected chi connectivity index (χ1v) is 6.48. The topological polar surface area (TPSA) is 0 Å². The Morgan fingerprint density at radius 3 is 2.80 bits per heavy atom. The zero-order valence-electron chi connectivity index (χ0n) is 8.97. The van der Waals surface area contributed by atoms with Crippen molar-refractivity contribution in [2.75, 3.05) is 0 Å². The van der Waals surface area contributed by atoms with Crippen LogP contribution in [-0.4, -0.2) is 4.83 Å². The average Bonchev–Trinajstić information content (AvgIpc) is 2.22. The maximum Gasteiger partial charge on any atom is 0.126 e. The zero-order valence-corrected chi connectivity index (χ0v) is 10.6. The van der Waals surface area contributed by atoms with Gasteiger partial charge in [-0.25, -0.2) is 4.39 Å². The van der Waals surface area contributed by atoms with Gasteiger partial charge in [0.15, 0.2) is 0 Å². The Balaban J connectivity index is 2.18. The first-order chi connectivity index (χ1) is 7.16. The highest BCUT2D eigenvalue weighted by atomic mass is 79.9. The van der Waals surface area contributed by atoms with Gasteiger partial charge in [0, 0.05) is 4.83 Å². The molecule has 0 aliphatic heterocycles. The van der Waals surface area contributed by atoms with Crippen LogP contribution in [0.2, 0.25) is 0 Å². The fourth-order valence-electron chi connectivity index (χ4n) is 2.35. The summed E-state index contributed by atoms with van der Waals surface area (Å²) in [5, 5.41) is 0. The lowest BCUT2D eigenvalue weighted by atomic mass is 9.83. The summed E-state index contributed by atoms with van der Waals surface area (Å²) < 4.78 is 13.1. The molecule has 0 amide bonds. The summed E-state index contributed by atoms with van der Waals surface area (Å²) in [6.07, 6.45) is 4.98. The van der Waals surface area contributed by atoms with Crippen molar-refractivity contribution in [2.45, 2.75) is 43.4 Å². The van der Waals surface area contributed by atoms with E-state index in [1.807, 2.05) is 19.1 Å². The van der Waals surface area contributed by atoms with E-state index in [2.05, 4.69) is 15.9 Å². The molecular formula is C13H16BrF. The van der Waals surface area contributed by atoms with Crippen molar-refractivity contribution in [3.05, 3.63) is 35.1 Å². The third-order valence-corrected chi connectivity index (χ3v) is 4.10. The van der Waals surface area contributed by atoms with Crippen molar-refractivity contribution in [1.29, 1.82) is 0 Å². The van der Waals surface area contributed by atoms with E-state index in [9.17, 15) is 4.39 Å². The molecule has 1 aliphatic carbocycles. The molecule has 0 heterocycles. The number of halogens is 2. The Bertz CT molecular complexity index is 348. The summed E-state index contributed by atoms with van der Waals surface area (Å²) >= 11 is 3.68. The quantitative estimate of drug-likeness (QED) is 0.657. The fraction of sp³-hybridized carbons (Fsp3) is 0.538. The Labute approximate surface area is 99.0 Å². The second-order valence-corrected chi connectivity index (χ2v) is 5.76. The van der Waals surface area contributed by atoms with Gasteiger partial charge in [-0.1, -0.05) is 34.5 Å². The molecule has 0 saturated heterocycles. The van der Waals surface area contributed by atoms with Crippen LogP contribution >= 0.6 is 15.9 Å². The minimum Gasteiger partial charge on any atom is -0.207 e. The van der Waals surface area contributed by atoms with Crippen molar-refractivity contribution >= 4 is 15.9 Å². The van der Waals surface area contributed by atoms with Crippen LogP contribution in [0.5, 0.6) is 0 Å². The zero-order chi connectivity index (χ0) is 10.8. The molecular weight excluding hydrogens is 255 g/mol. The minimum absolute atomic E-state index is 0.0926. The van der Waals surface area contributed by atoms with Crippen LogP contribution < -0.4 is 0 Å². The Kier molecular flexibility index (Phi) is 3.45. The highest BCUT2D eigenvalue weighted by Gasteiger charge is 2.21. The maximum absolute atomic E-state index is 13.1. The van der Waals surface area contributed by atoms with Gasteiger partial charge < -0.3 is 0 Å². The van der Waals surface area contributed by atoms with Crippen LogP contribution in [0.4, 0.5) is 4.39 Å². The van der Waals surface area contributed by atoms with E-state index in [-0.39, 0.29) is 5.82 Å². The van der Waals surface area contributed by atoms with Gasteiger partial charge in [-0.3, -0.25) is 0 Å². The third kappa shape index (κ3) is 2.60. The van der Waals surface area contributed by atoms with Gasteiger partial charge in [-0.2, -0.15) is 0 Å². The lowest BCUT2D eigenvalue weighted by Crippen LogP contribution is -2.13. The maximum atomic E-state index is 13.1. The summed E-state index contributed by atoms with van der Waals surface area (Å²) in [5.41, 5.74) is 2.07. The van der Waals surface area contributed by atoms with Crippen molar-refractivity contribution in [2.24, 2.45) is 0 Å². The van der Waals surface area contributed by atoms with Crippen LogP contribution in [0.15, 0.2) is 18.2 Å². The molecule has 1 aromatic rings. The molecule has 0 radical (unpaired) electrons. The summed E-state index contributed by atoms with van der Waals surface area (Å²) in [4.78, 5) is 0.640. The van der Waals surface area contributed by atoms with Crippen molar-refractivity contribution in [3.8, 4) is 0 Å². The first kappa shape index (κ1) is 11.1. The summed E-state index contributed by atoms with van der Waals surface area (Å²) in [6, 6.07) is 5.55. The molecule has 2 rings (SSSR count). The van der Waals surface area contributed by atoms with E-state index >= 15 is 0 Å². The van der Waals surface area contributed by atoms with Crippen molar-refractivity contribution in [1.82, 2.24) is 0 Å². The molecule has 1 fully saturated rings. The van der Waals surface area contributed by atoms with E-state index in [0.29, 0.717) is 10.7 Å². The molecule has 1 aliphatic rings. The molecule has 1 saturated carbocycles. The van der Waals surface area contributed by atoms with E-state index in [1.54, 1.807) is 6.07 Å². The molecule has 0 aromatic heterocycles. The van der Waals surface area contributed by atoms with Gasteiger partial charge in [-0.15, -0.1) is 0 Å². The highest BCUT2D eigenvalue weighted by molar-refractivity contribution is 9.09. The lowest BCUT2D eigenvalue weighted by Gasteiger charge is -2.26. The van der Waals surface area contributed by atoms with Gasteiger partial charge in [0.1, 0.15) is 5.82 Å². The number of aryl methyl sites for hydroxylation is 1. The first-order valence-electron chi connectivity index (χ1n) is 5.57. The second kappa shape index (κ2) is 4.65. The fourth-order valence-corrected chi connectivity index (χ4v) is 3.13. The average molecular weight is 271 g/mol. The normalized spacial score (nSPS) is 26.6. The van der Waals surface area contributed by atoms with E-state index in [0.717, 1.165) is 5.56 Å². The number of rotatable bonds is 1. The van der Waals surface area contributed by atoms with Gasteiger partial charge in [0.05, 0.1) is 0 Å². The number of alkyl halides is 1. The van der Waals surface area contributed by atoms with Gasteiger partial charge in [0.2, 0.25) is 0 Å². The molecule has 2 atom stereocenters. The SMILES string of the molecule is Cc1cc(C2CCCC(Br)C2)ccc1F. The molecule has 0 nitrogen and oxygen atoms in total. The molecule has 2 heteroatoms. The van der Waals surface area contributed by atoms with E-state index < -0.39 is 0 Å². The molecule has 82 valence electrons. The molecule has 0 bridgehead atoms. The smallest absolute Gasteiger partial charge is 0.126 e. The van der Waals surface area contributed by atoms with Crippen LogP contribution in [0.3, 0.4) is 0 Å². The van der Waals surface area contributed by atoms with Gasteiger partial charge in [0.25, 0.3) is 0 Å². The number of hydrogen-bond acceptors (Lipinski definition) is 0. The van der Waals surface area contributed by atoms with Crippen molar-refractivity contribution in [3.63, 3.8) is 0 Å². The standard InChI is InChI=1S/C13H16BrF/c1-9-7-11(5-6-13(9)15)10-3-2-4-12(14)8-10/h5-7,10,12H,2-4,8H2,1H3. The molecule has 0 spiro atoms. The van der Waals surface area contributed by atoms with E-state index in [4.69, 9.17) is 0 Å². The predicted octanol–water partition coefficient (Wildman–Crippen LogP) is 4.56. The summed E-state index contributed by atoms with van der Waals surface area (Å²) in [6.45, 7) is 1.84.